The SMILES string of the molecule is CC(C1CC1)N(C)C(=O)NCc1cccc(NC(=O)Cn2cccn2)c1. The van der Waals surface area contributed by atoms with Crippen LogP contribution in [0.15, 0.2) is 42.7 Å². The summed E-state index contributed by atoms with van der Waals surface area (Å²) < 4.78 is 1.57. The van der Waals surface area contributed by atoms with Gasteiger partial charge in [-0.25, -0.2) is 4.79 Å². The first-order chi connectivity index (χ1) is 12.5. The molecule has 0 saturated heterocycles. The number of benzene rings is 1. The van der Waals surface area contributed by atoms with E-state index in [0.29, 0.717) is 18.2 Å². The third kappa shape index (κ3) is 4.84. The van der Waals surface area contributed by atoms with Crippen LogP contribution in [0.2, 0.25) is 0 Å². The second-order valence-corrected chi connectivity index (χ2v) is 6.80. The van der Waals surface area contributed by atoms with Gasteiger partial charge in [-0.2, -0.15) is 5.10 Å². The van der Waals surface area contributed by atoms with E-state index >= 15 is 0 Å². The molecule has 1 fully saturated rings. The van der Waals surface area contributed by atoms with E-state index in [4.69, 9.17) is 0 Å². The Kier molecular flexibility index (Phi) is 5.55. The summed E-state index contributed by atoms with van der Waals surface area (Å²) in [4.78, 5) is 26.1. The Morgan fingerprint density at radius 3 is 2.85 bits per heavy atom. The van der Waals surface area contributed by atoms with Crippen LogP contribution in [0, 0.1) is 5.92 Å². The first-order valence-corrected chi connectivity index (χ1v) is 8.90. The molecule has 26 heavy (non-hydrogen) atoms. The highest BCUT2D eigenvalue weighted by molar-refractivity contribution is 5.90. The average Bonchev–Trinajstić information content (AvgIpc) is 3.36. The summed E-state index contributed by atoms with van der Waals surface area (Å²) in [6.45, 7) is 2.67. The van der Waals surface area contributed by atoms with Gasteiger partial charge in [0.05, 0.1) is 0 Å². The van der Waals surface area contributed by atoms with Crippen molar-refractivity contribution in [1.29, 1.82) is 0 Å². The van der Waals surface area contributed by atoms with Crippen molar-refractivity contribution in [1.82, 2.24) is 20.0 Å². The van der Waals surface area contributed by atoms with Gasteiger partial charge in [0.2, 0.25) is 5.91 Å². The number of hydrogen-bond acceptors (Lipinski definition) is 3. The number of amides is 3. The number of nitrogens with zero attached hydrogens (tertiary/aromatic N) is 3. The fraction of sp³-hybridized carbons (Fsp3) is 0.421. The van der Waals surface area contributed by atoms with Crippen LogP contribution < -0.4 is 10.6 Å². The molecule has 2 aromatic rings. The molecule has 7 nitrogen and oxygen atoms in total. The van der Waals surface area contributed by atoms with Crippen LogP contribution in [0.4, 0.5) is 10.5 Å². The normalized spacial score (nSPS) is 14.5. The standard InChI is InChI=1S/C19H25N5O2/c1-14(16-7-8-16)23(2)19(26)20-12-15-5-3-6-17(11-15)22-18(25)13-24-10-4-9-21-24/h3-6,9-11,14,16H,7-8,12-13H2,1-2H3,(H,20,26)(H,22,25). The van der Waals surface area contributed by atoms with Gasteiger partial charge in [0.1, 0.15) is 6.54 Å². The molecule has 3 amide bonds. The van der Waals surface area contributed by atoms with E-state index in [-0.39, 0.29) is 24.5 Å². The maximum absolute atomic E-state index is 12.3. The zero-order chi connectivity index (χ0) is 18.5. The van der Waals surface area contributed by atoms with Crippen LogP contribution in [0.25, 0.3) is 0 Å². The minimum absolute atomic E-state index is 0.0717. The second kappa shape index (κ2) is 8.03. The zero-order valence-corrected chi connectivity index (χ0v) is 15.2. The molecule has 0 radical (unpaired) electrons. The van der Waals surface area contributed by atoms with E-state index in [2.05, 4.69) is 22.7 Å². The van der Waals surface area contributed by atoms with Crippen molar-refractivity contribution in [3.8, 4) is 0 Å². The second-order valence-electron chi connectivity index (χ2n) is 6.80. The summed E-state index contributed by atoms with van der Waals surface area (Å²) >= 11 is 0. The molecular formula is C19H25N5O2. The molecule has 138 valence electrons. The molecule has 0 bridgehead atoms. The molecule has 1 unspecified atom stereocenters. The lowest BCUT2D eigenvalue weighted by molar-refractivity contribution is -0.116. The fourth-order valence-corrected chi connectivity index (χ4v) is 2.88. The Morgan fingerprint density at radius 1 is 1.35 bits per heavy atom. The van der Waals surface area contributed by atoms with Crippen LogP contribution in [-0.4, -0.2) is 39.7 Å². The van der Waals surface area contributed by atoms with Gasteiger partial charge >= 0.3 is 6.03 Å². The van der Waals surface area contributed by atoms with Crippen molar-refractivity contribution in [2.24, 2.45) is 5.92 Å². The molecule has 1 aromatic heterocycles. The lowest BCUT2D eigenvalue weighted by Gasteiger charge is -2.25. The predicted molar refractivity (Wildman–Crippen MR) is 99.5 cm³/mol. The van der Waals surface area contributed by atoms with Crippen molar-refractivity contribution in [3.05, 3.63) is 48.3 Å². The molecule has 1 heterocycles. The van der Waals surface area contributed by atoms with Gasteiger partial charge in [-0.15, -0.1) is 0 Å². The van der Waals surface area contributed by atoms with Crippen molar-refractivity contribution >= 4 is 17.6 Å². The molecule has 0 spiro atoms. The molecule has 1 aromatic carbocycles. The summed E-state index contributed by atoms with van der Waals surface area (Å²) in [5.41, 5.74) is 1.64. The van der Waals surface area contributed by atoms with Gasteiger partial charge in [0.25, 0.3) is 0 Å². The number of nitrogens with one attached hydrogen (secondary N) is 2. The van der Waals surface area contributed by atoms with Crippen LogP contribution in [0.1, 0.15) is 25.3 Å². The van der Waals surface area contributed by atoms with Crippen molar-refractivity contribution < 1.29 is 9.59 Å². The Balaban J connectivity index is 1.50. The molecule has 1 saturated carbocycles. The molecule has 1 aliphatic rings. The third-order valence-corrected chi connectivity index (χ3v) is 4.75. The Hall–Kier alpha value is -2.83. The van der Waals surface area contributed by atoms with Gasteiger partial charge in [-0.1, -0.05) is 12.1 Å². The first-order valence-electron chi connectivity index (χ1n) is 8.90. The lowest BCUT2D eigenvalue weighted by Crippen LogP contribution is -2.43. The molecule has 2 N–H and O–H groups in total. The van der Waals surface area contributed by atoms with Gasteiger partial charge in [0.15, 0.2) is 0 Å². The molecule has 7 heteroatoms. The number of carbonyl (C=O) groups is 2. The van der Waals surface area contributed by atoms with Crippen LogP contribution in [0.3, 0.4) is 0 Å². The number of aromatic nitrogens is 2. The number of carbonyl (C=O) groups excluding carboxylic acids is 2. The third-order valence-electron chi connectivity index (χ3n) is 4.75. The highest BCUT2D eigenvalue weighted by Gasteiger charge is 2.32. The van der Waals surface area contributed by atoms with Gasteiger partial charge in [0, 0.05) is 37.7 Å². The Bertz CT molecular complexity index is 755. The minimum Gasteiger partial charge on any atom is -0.334 e. The van der Waals surface area contributed by atoms with E-state index in [0.717, 1.165) is 5.56 Å². The Morgan fingerprint density at radius 2 is 2.15 bits per heavy atom. The summed E-state index contributed by atoms with van der Waals surface area (Å²) in [5, 5.41) is 9.80. The summed E-state index contributed by atoms with van der Waals surface area (Å²) in [6.07, 6.45) is 5.79. The first kappa shape index (κ1) is 18.0. The van der Waals surface area contributed by atoms with Gasteiger partial charge in [-0.3, -0.25) is 9.48 Å². The van der Waals surface area contributed by atoms with Crippen LogP contribution >= 0.6 is 0 Å². The Labute approximate surface area is 153 Å². The number of hydrogen-bond donors (Lipinski definition) is 2. The molecule has 1 aliphatic carbocycles. The van der Waals surface area contributed by atoms with Gasteiger partial charge in [-0.05, 0) is 49.4 Å². The highest BCUT2D eigenvalue weighted by atomic mass is 16.2. The van der Waals surface area contributed by atoms with Crippen LogP contribution in [-0.2, 0) is 17.9 Å². The summed E-state index contributed by atoms with van der Waals surface area (Å²) in [6, 6.07) is 9.45. The van der Waals surface area contributed by atoms with Crippen molar-refractivity contribution in [2.45, 2.75) is 38.9 Å². The number of urea groups is 1. The van der Waals surface area contributed by atoms with E-state index in [9.17, 15) is 9.59 Å². The van der Waals surface area contributed by atoms with E-state index in [1.54, 1.807) is 28.0 Å². The van der Waals surface area contributed by atoms with Gasteiger partial charge < -0.3 is 15.5 Å². The van der Waals surface area contributed by atoms with Crippen LogP contribution in [0.5, 0.6) is 0 Å². The quantitative estimate of drug-likeness (QED) is 0.801. The maximum atomic E-state index is 12.3. The molecule has 1 atom stereocenters. The number of anilines is 1. The largest absolute Gasteiger partial charge is 0.334 e. The molecule has 3 rings (SSSR count). The van der Waals surface area contributed by atoms with Crippen molar-refractivity contribution in [2.75, 3.05) is 12.4 Å². The average molecular weight is 355 g/mol. The summed E-state index contributed by atoms with van der Waals surface area (Å²) in [7, 11) is 1.84. The molecular weight excluding hydrogens is 330 g/mol. The van der Waals surface area contributed by atoms with E-state index in [1.807, 2.05) is 31.3 Å². The number of rotatable bonds is 7. The lowest BCUT2D eigenvalue weighted by atomic mass is 10.2. The monoisotopic (exact) mass is 355 g/mol. The fourth-order valence-electron chi connectivity index (χ4n) is 2.88. The summed E-state index contributed by atoms with van der Waals surface area (Å²) in [5.74, 6) is 0.493. The minimum atomic E-state index is -0.145. The van der Waals surface area contributed by atoms with Crippen molar-refractivity contribution in [3.63, 3.8) is 0 Å². The van der Waals surface area contributed by atoms with E-state index in [1.165, 1.54) is 12.8 Å². The zero-order valence-electron chi connectivity index (χ0n) is 15.2. The molecule has 0 aliphatic heterocycles. The maximum Gasteiger partial charge on any atom is 0.317 e. The van der Waals surface area contributed by atoms with E-state index < -0.39 is 0 Å². The topological polar surface area (TPSA) is 79.3 Å². The highest BCUT2D eigenvalue weighted by Crippen LogP contribution is 2.34. The smallest absolute Gasteiger partial charge is 0.317 e. The predicted octanol–water partition coefficient (Wildman–Crippen LogP) is 2.46.